The number of benzene rings is 1. The summed E-state index contributed by atoms with van der Waals surface area (Å²) >= 11 is 7.54. The molecule has 0 spiro atoms. The average molecular weight is 443 g/mol. The van der Waals surface area contributed by atoms with Gasteiger partial charge >= 0.3 is 6.09 Å². The highest BCUT2D eigenvalue weighted by Gasteiger charge is 2.44. The first-order valence-electron chi connectivity index (χ1n) is 9.86. The fraction of sp³-hybridized carbons (Fsp3) is 0.619. The Hall–Kier alpha value is -1.44. The molecule has 0 radical (unpaired) electrons. The minimum Gasteiger partial charge on any atom is -0.444 e. The van der Waals surface area contributed by atoms with Gasteiger partial charge in [-0.15, -0.1) is 11.8 Å². The first-order valence-corrected chi connectivity index (χ1v) is 11.3. The summed E-state index contributed by atoms with van der Waals surface area (Å²) in [5.74, 6) is 0.324. The molecule has 1 fully saturated rings. The highest BCUT2D eigenvalue weighted by Crippen LogP contribution is 2.42. The van der Waals surface area contributed by atoms with E-state index in [0.29, 0.717) is 23.9 Å². The quantitative estimate of drug-likeness (QED) is 0.624. The van der Waals surface area contributed by atoms with Crippen molar-refractivity contribution in [3.63, 3.8) is 0 Å². The zero-order valence-electron chi connectivity index (χ0n) is 17.7. The summed E-state index contributed by atoms with van der Waals surface area (Å²) in [6.07, 6.45) is 0.391. The predicted molar refractivity (Wildman–Crippen MR) is 117 cm³/mol. The predicted octanol–water partition coefficient (Wildman–Crippen LogP) is 4.62. The van der Waals surface area contributed by atoms with Gasteiger partial charge in [0.25, 0.3) is 0 Å². The molecule has 0 saturated carbocycles. The fourth-order valence-electron chi connectivity index (χ4n) is 2.85. The zero-order chi connectivity index (χ0) is 21.6. The Bertz CT molecular complexity index is 691. The lowest BCUT2D eigenvalue weighted by Gasteiger charge is -2.31. The highest BCUT2D eigenvalue weighted by atomic mass is 35.5. The number of thioether (sulfide) groups is 1. The van der Waals surface area contributed by atoms with Crippen LogP contribution in [-0.2, 0) is 14.3 Å². The lowest BCUT2D eigenvalue weighted by Crippen LogP contribution is -2.49. The van der Waals surface area contributed by atoms with Gasteiger partial charge in [0.15, 0.2) is 0 Å². The topological polar surface area (TPSA) is 67.9 Å². The number of amides is 2. The van der Waals surface area contributed by atoms with Crippen LogP contribution in [0.4, 0.5) is 4.79 Å². The highest BCUT2D eigenvalue weighted by molar-refractivity contribution is 7.99. The van der Waals surface area contributed by atoms with Crippen LogP contribution < -0.4 is 5.32 Å². The summed E-state index contributed by atoms with van der Waals surface area (Å²) in [6.45, 7) is 10.5. The number of carbonyl (C=O) groups excluding carboxylic acids is 2. The number of nitrogens with zero attached hydrogens (tertiary/aromatic N) is 1. The van der Waals surface area contributed by atoms with Gasteiger partial charge in [-0.2, -0.15) is 0 Å². The Kier molecular flexibility index (Phi) is 8.67. The van der Waals surface area contributed by atoms with E-state index >= 15 is 0 Å². The summed E-state index contributed by atoms with van der Waals surface area (Å²) in [5, 5.41) is 3.24. The van der Waals surface area contributed by atoms with E-state index in [-0.39, 0.29) is 17.4 Å². The van der Waals surface area contributed by atoms with Crippen LogP contribution in [-0.4, -0.2) is 53.6 Å². The average Bonchev–Trinajstić information content (AvgIpc) is 3.05. The number of hydrogen-bond acceptors (Lipinski definition) is 5. The molecule has 0 bridgehead atoms. The monoisotopic (exact) mass is 442 g/mol. The van der Waals surface area contributed by atoms with E-state index in [0.717, 1.165) is 12.0 Å². The molecule has 29 heavy (non-hydrogen) atoms. The summed E-state index contributed by atoms with van der Waals surface area (Å²) in [4.78, 5) is 27.3. The van der Waals surface area contributed by atoms with Crippen LogP contribution in [0.5, 0.6) is 0 Å². The lowest BCUT2D eigenvalue weighted by atomic mass is 10.1. The number of halogens is 1. The summed E-state index contributed by atoms with van der Waals surface area (Å²) in [5.41, 5.74) is 0.260. The van der Waals surface area contributed by atoms with Gasteiger partial charge in [-0.25, -0.2) is 4.79 Å². The molecule has 1 saturated heterocycles. The molecule has 8 heteroatoms. The maximum absolute atomic E-state index is 12.9. The molecule has 1 aliphatic rings. The van der Waals surface area contributed by atoms with E-state index in [1.807, 2.05) is 46.8 Å². The standard InChI is InChI=1S/C21H31ClN2O4S/c1-14(2)27-12-6-11-23-18(25)17-13-29-19(15-7-9-16(22)10-8-15)24(17)20(26)28-21(3,4)5/h7-10,14,17,19H,6,11-13H2,1-5H3,(H,23,25)/t17-,19-/m1/s1. The maximum Gasteiger partial charge on any atom is 0.412 e. The molecule has 0 aliphatic carbocycles. The van der Waals surface area contributed by atoms with Crippen molar-refractivity contribution < 1.29 is 19.1 Å². The Morgan fingerprint density at radius 3 is 2.52 bits per heavy atom. The van der Waals surface area contributed by atoms with Crippen LogP contribution in [0.1, 0.15) is 52.0 Å². The number of carbonyl (C=O) groups is 2. The molecule has 2 atom stereocenters. The molecule has 6 nitrogen and oxygen atoms in total. The summed E-state index contributed by atoms with van der Waals surface area (Å²) < 4.78 is 11.1. The van der Waals surface area contributed by atoms with Gasteiger partial charge in [0.05, 0.1) is 6.10 Å². The van der Waals surface area contributed by atoms with Gasteiger partial charge in [-0.05, 0) is 58.7 Å². The van der Waals surface area contributed by atoms with Crippen molar-refractivity contribution in [2.75, 3.05) is 18.9 Å². The van der Waals surface area contributed by atoms with Gasteiger partial charge in [-0.1, -0.05) is 23.7 Å². The van der Waals surface area contributed by atoms with Crippen LogP contribution in [0.15, 0.2) is 24.3 Å². The van der Waals surface area contributed by atoms with E-state index in [1.165, 1.54) is 0 Å². The minimum atomic E-state index is -0.649. The van der Waals surface area contributed by atoms with Crippen LogP contribution in [0.25, 0.3) is 0 Å². The van der Waals surface area contributed by atoms with Crippen molar-refractivity contribution in [2.24, 2.45) is 0 Å². The van der Waals surface area contributed by atoms with Gasteiger partial charge in [-0.3, -0.25) is 9.69 Å². The lowest BCUT2D eigenvalue weighted by molar-refractivity contribution is -0.125. The van der Waals surface area contributed by atoms with Crippen LogP contribution in [0, 0.1) is 0 Å². The molecule has 1 aromatic rings. The Balaban J connectivity index is 2.09. The van der Waals surface area contributed by atoms with Crippen molar-refractivity contribution in [2.45, 2.75) is 64.2 Å². The smallest absolute Gasteiger partial charge is 0.412 e. The van der Waals surface area contributed by atoms with Crippen LogP contribution in [0.2, 0.25) is 5.02 Å². The molecule has 0 aromatic heterocycles. The number of nitrogens with one attached hydrogen (secondary N) is 1. The second kappa shape index (κ2) is 10.5. The molecule has 2 rings (SSSR count). The number of rotatable bonds is 7. The summed E-state index contributed by atoms with van der Waals surface area (Å²) in [6, 6.07) is 6.73. The van der Waals surface area contributed by atoms with Crippen LogP contribution in [0.3, 0.4) is 0 Å². The van der Waals surface area contributed by atoms with E-state index < -0.39 is 17.7 Å². The van der Waals surface area contributed by atoms with E-state index in [1.54, 1.807) is 28.8 Å². The molecular formula is C21H31ClN2O4S. The molecule has 1 N–H and O–H groups in total. The van der Waals surface area contributed by atoms with Gasteiger partial charge in [0.2, 0.25) is 5.91 Å². The van der Waals surface area contributed by atoms with Gasteiger partial charge in [0, 0.05) is 23.9 Å². The maximum atomic E-state index is 12.9. The third kappa shape index (κ3) is 7.39. The zero-order valence-corrected chi connectivity index (χ0v) is 19.3. The Morgan fingerprint density at radius 1 is 1.28 bits per heavy atom. The third-order valence-corrected chi connectivity index (χ3v) is 5.71. The number of hydrogen-bond donors (Lipinski definition) is 1. The van der Waals surface area contributed by atoms with Crippen LogP contribution >= 0.6 is 23.4 Å². The minimum absolute atomic E-state index is 0.166. The first-order chi connectivity index (χ1) is 13.6. The third-order valence-electron chi connectivity index (χ3n) is 4.13. The molecule has 0 unspecified atom stereocenters. The van der Waals surface area contributed by atoms with E-state index in [4.69, 9.17) is 21.1 Å². The molecule has 2 amide bonds. The normalized spacial score (nSPS) is 19.5. The van der Waals surface area contributed by atoms with E-state index in [2.05, 4.69) is 5.32 Å². The fourth-order valence-corrected chi connectivity index (χ4v) is 4.40. The van der Waals surface area contributed by atoms with Gasteiger partial charge < -0.3 is 14.8 Å². The Labute approximate surface area is 182 Å². The molecule has 1 heterocycles. The molecule has 1 aliphatic heterocycles. The SMILES string of the molecule is CC(C)OCCCNC(=O)[C@H]1CS[C@H](c2ccc(Cl)cc2)N1C(=O)OC(C)(C)C. The van der Waals surface area contributed by atoms with Crippen molar-refractivity contribution in [1.82, 2.24) is 10.2 Å². The Morgan fingerprint density at radius 2 is 1.93 bits per heavy atom. The molecule has 1 aromatic carbocycles. The van der Waals surface area contributed by atoms with Gasteiger partial charge in [0.1, 0.15) is 17.0 Å². The molecular weight excluding hydrogens is 412 g/mol. The first kappa shape index (κ1) is 23.8. The van der Waals surface area contributed by atoms with Crippen molar-refractivity contribution >= 4 is 35.4 Å². The number of ether oxygens (including phenoxy) is 2. The second-order valence-corrected chi connectivity index (χ2v) is 9.75. The molecule has 162 valence electrons. The second-order valence-electron chi connectivity index (χ2n) is 8.20. The van der Waals surface area contributed by atoms with Crippen molar-refractivity contribution in [1.29, 1.82) is 0 Å². The largest absolute Gasteiger partial charge is 0.444 e. The van der Waals surface area contributed by atoms with Crippen molar-refractivity contribution in [3.8, 4) is 0 Å². The summed E-state index contributed by atoms with van der Waals surface area (Å²) in [7, 11) is 0. The van der Waals surface area contributed by atoms with Crippen molar-refractivity contribution in [3.05, 3.63) is 34.9 Å². The van der Waals surface area contributed by atoms with E-state index in [9.17, 15) is 9.59 Å².